The van der Waals surface area contributed by atoms with Crippen LogP contribution in [0.15, 0.2) is 52.9 Å². The Kier molecular flexibility index (Phi) is 5.42. The lowest BCUT2D eigenvalue weighted by molar-refractivity contribution is -0.141. The molecule has 13 heteroatoms. The molecule has 4 rings (SSSR count). The van der Waals surface area contributed by atoms with Gasteiger partial charge >= 0.3 is 11.6 Å². The fourth-order valence-corrected chi connectivity index (χ4v) is 3.84. The van der Waals surface area contributed by atoms with Crippen molar-refractivity contribution in [3.8, 4) is 10.6 Å². The maximum atomic E-state index is 14.3. The van der Waals surface area contributed by atoms with Crippen molar-refractivity contribution < 1.29 is 31.4 Å². The molecule has 0 amide bonds. The molecule has 32 heavy (non-hydrogen) atoms. The van der Waals surface area contributed by atoms with Gasteiger partial charge in [-0.25, -0.2) is 14.4 Å². The summed E-state index contributed by atoms with van der Waals surface area (Å²) in [5.74, 6) is -1.54. The molecule has 1 atom stereocenters. The molecule has 3 aromatic rings. The van der Waals surface area contributed by atoms with E-state index in [1.165, 1.54) is 18.2 Å². The van der Waals surface area contributed by atoms with Crippen molar-refractivity contribution in [2.75, 3.05) is 5.01 Å². The first-order valence-electron chi connectivity index (χ1n) is 8.81. The average Bonchev–Trinajstić information content (AvgIpc) is 3.36. The number of hydrogen-bond donors (Lipinski definition) is 1. The number of hydrogen-bond acceptors (Lipinski definition) is 6. The van der Waals surface area contributed by atoms with Crippen LogP contribution in [0.4, 0.5) is 32.3 Å². The largest absolute Gasteiger partial charge is 0.433 e. The maximum absolute atomic E-state index is 14.3. The number of hydrazone groups is 1. The van der Waals surface area contributed by atoms with E-state index >= 15 is 0 Å². The van der Waals surface area contributed by atoms with Gasteiger partial charge in [-0.2, -0.15) is 32.1 Å². The third kappa shape index (κ3) is 4.05. The molecule has 2 aromatic heterocycles. The second-order valence-electron chi connectivity index (χ2n) is 6.77. The van der Waals surface area contributed by atoms with Crippen molar-refractivity contribution in [1.29, 1.82) is 0 Å². The lowest BCUT2D eigenvalue weighted by Crippen LogP contribution is -2.55. The third-order valence-corrected chi connectivity index (χ3v) is 5.78. The Morgan fingerprint density at radius 1 is 1.06 bits per heavy atom. The molecule has 0 bridgehead atoms. The molecular formula is C19H11ClF6N4OS. The Morgan fingerprint density at radius 2 is 1.75 bits per heavy atom. The van der Waals surface area contributed by atoms with Crippen LogP contribution in [0, 0.1) is 5.82 Å². The maximum Gasteiger partial charge on any atom is 0.433 e. The van der Waals surface area contributed by atoms with Crippen LogP contribution in [0.5, 0.6) is 0 Å². The Morgan fingerprint density at radius 3 is 2.31 bits per heavy atom. The van der Waals surface area contributed by atoms with Crippen LogP contribution in [0.1, 0.15) is 17.7 Å². The molecule has 1 aliphatic heterocycles. The van der Waals surface area contributed by atoms with Crippen molar-refractivity contribution in [2.45, 2.75) is 23.7 Å². The third-order valence-electron chi connectivity index (χ3n) is 4.58. The zero-order valence-corrected chi connectivity index (χ0v) is 17.2. The highest BCUT2D eigenvalue weighted by Gasteiger charge is 2.61. The van der Waals surface area contributed by atoms with Crippen LogP contribution in [0.25, 0.3) is 10.6 Å². The molecule has 0 radical (unpaired) electrons. The minimum absolute atomic E-state index is 0.152. The van der Waals surface area contributed by atoms with Crippen molar-refractivity contribution >= 4 is 34.6 Å². The number of anilines is 1. The molecule has 168 valence electrons. The first kappa shape index (κ1) is 22.5. The molecule has 0 unspecified atom stereocenters. The topological polar surface area (TPSA) is 61.6 Å². The number of alkyl halides is 6. The van der Waals surface area contributed by atoms with E-state index in [9.17, 15) is 31.4 Å². The Balaban J connectivity index is 1.89. The highest BCUT2D eigenvalue weighted by atomic mass is 35.5. The summed E-state index contributed by atoms with van der Waals surface area (Å²) in [7, 11) is 0. The predicted octanol–water partition coefficient (Wildman–Crippen LogP) is 5.50. The van der Waals surface area contributed by atoms with Crippen LogP contribution >= 0.6 is 22.9 Å². The standard InChI is InChI=1S/C19H11ClF6N4OS/c20-19(25,26)17(31)9-13(10-3-5-11(21)6-4-10)29-30(17)16-27-12(14-2-1-7-32-14)8-15(28-16)18(22,23)24/h1-8,31H,9H2/t17-/m0/s1. The average molecular weight is 493 g/mol. The summed E-state index contributed by atoms with van der Waals surface area (Å²) in [6.45, 7) is 0. The van der Waals surface area contributed by atoms with Crippen LogP contribution in [0.2, 0.25) is 0 Å². The van der Waals surface area contributed by atoms with E-state index in [4.69, 9.17) is 11.6 Å². The van der Waals surface area contributed by atoms with Crippen LogP contribution < -0.4 is 5.01 Å². The number of halogens is 7. The number of aromatic nitrogens is 2. The van der Waals surface area contributed by atoms with Gasteiger partial charge in [-0.3, -0.25) is 0 Å². The number of rotatable bonds is 4. The predicted molar refractivity (Wildman–Crippen MR) is 106 cm³/mol. The molecule has 0 spiro atoms. The van der Waals surface area contributed by atoms with E-state index in [2.05, 4.69) is 15.1 Å². The zero-order valence-electron chi connectivity index (χ0n) is 15.6. The minimum atomic E-state index is -4.94. The molecule has 0 fully saturated rings. The quantitative estimate of drug-likeness (QED) is 0.386. The monoisotopic (exact) mass is 492 g/mol. The van der Waals surface area contributed by atoms with Gasteiger partial charge in [-0.05, 0) is 46.8 Å². The van der Waals surface area contributed by atoms with Crippen LogP contribution in [-0.2, 0) is 6.18 Å². The van der Waals surface area contributed by atoms with E-state index < -0.39 is 41.2 Å². The molecule has 0 aliphatic carbocycles. The van der Waals surface area contributed by atoms with E-state index in [1.54, 1.807) is 11.4 Å². The second kappa shape index (κ2) is 7.71. The highest BCUT2D eigenvalue weighted by Crippen LogP contribution is 2.45. The van der Waals surface area contributed by atoms with Crippen LogP contribution in [-0.4, -0.2) is 31.9 Å². The number of nitrogens with zero attached hydrogens (tertiary/aromatic N) is 4. The SMILES string of the molecule is O[C@]1(C(F)(F)Cl)CC(c2ccc(F)cc2)=NN1c1nc(-c2cccs2)cc(C(F)(F)F)n1. The Hall–Kier alpha value is -2.70. The van der Waals surface area contributed by atoms with Crippen molar-refractivity contribution in [2.24, 2.45) is 5.10 Å². The summed E-state index contributed by atoms with van der Waals surface area (Å²) in [6, 6.07) is 8.22. The number of aliphatic hydroxyl groups is 1. The first-order chi connectivity index (χ1) is 14.9. The van der Waals surface area contributed by atoms with E-state index in [0.717, 1.165) is 23.5 Å². The van der Waals surface area contributed by atoms with Gasteiger partial charge in [-0.1, -0.05) is 18.2 Å². The van der Waals surface area contributed by atoms with Gasteiger partial charge in [0.15, 0.2) is 5.69 Å². The summed E-state index contributed by atoms with van der Waals surface area (Å²) >= 11 is 6.20. The molecular weight excluding hydrogens is 482 g/mol. The fourth-order valence-electron chi connectivity index (χ4n) is 3.00. The second-order valence-corrected chi connectivity index (χ2v) is 8.19. The Bertz CT molecular complexity index is 1160. The summed E-state index contributed by atoms with van der Waals surface area (Å²) < 4.78 is 82.2. The summed E-state index contributed by atoms with van der Waals surface area (Å²) in [5, 5.41) is 12.0. The van der Waals surface area contributed by atoms with E-state index in [1.807, 2.05) is 0 Å². The van der Waals surface area contributed by atoms with Crippen molar-refractivity contribution in [3.63, 3.8) is 0 Å². The van der Waals surface area contributed by atoms with Crippen LogP contribution in [0.3, 0.4) is 0 Å². The summed E-state index contributed by atoms with van der Waals surface area (Å²) in [4.78, 5) is 7.56. The fraction of sp³-hybridized carbons (Fsp3) is 0.211. The molecule has 1 aliphatic rings. The highest BCUT2D eigenvalue weighted by molar-refractivity contribution is 7.13. The minimum Gasteiger partial charge on any atom is -0.363 e. The van der Waals surface area contributed by atoms with Gasteiger partial charge in [0.25, 0.3) is 0 Å². The number of thiophene rings is 1. The van der Waals surface area contributed by atoms with E-state index in [0.29, 0.717) is 10.9 Å². The summed E-state index contributed by atoms with van der Waals surface area (Å²) in [6.07, 6.45) is -5.82. The normalized spacial score (nSPS) is 19.4. The molecule has 1 aromatic carbocycles. The lowest BCUT2D eigenvalue weighted by atomic mass is 10.0. The molecule has 3 heterocycles. The molecule has 5 nitrogen and oxygen atoms in total. The molecule has 0 saturated heterocycles. The lowest BCUT2D eigenvalue weighted by Gasteiger charge is -2.34. The molecule has 1 N–H and O–H groups in total. The summed E-state index contributed by atoms with van der Waals surface area (Å²) in [5.41, 5.74) is -4.93. The molecule has 0 saturated carbocycles. The Labute approximate surface area is 185 Å². The van der Waals surface area contributed by atoms with Gasteiger partial charge in [0, 0.05) is 6.42 Å². The van der Waals surface area contributed by atoms with Gasteiger partial charge in [0.05, 0.1) is 16.3 Å². The van der Waals surface area contributed by atoms with Gasteiger partial charge in [-0.15, -0.1) is 11.3 Å². The van der Waals surface area contributed by atoms with Gasteiger partial charge in [0.2, 0.25) is 11.7 Å². The van der Waals surface area contributed by atoms with Gasteiger partial charge < -0.3 is 5.11 Å². The van der Waals surface area contributed by atoms with Gasteiger partial charge in [0.1, 0.15) is 5.82 Å². The van der Waals surface area contributed by atoms with Crippen molar-refractivity contribution in [1.82, 2.24) is 9.97 Å². The van der Waals surface area contributed by atoms with E-state index in [-0.39, 0.29) is 22.0 Å². The number of benzene rings is 1. The zero-order chi connectivity index (χ0) is 23.3. The first-order valence-corrected chi connectivity index (χ1v) is 10.1. The van der Waals surface area contributed by atoms with Crippen molar-refractivity contribution in [3.05, 3.63) is 64.9 Å². The smallest absolute Gasteiger partial charge is 0.363 e.